The summed E-state index contributed by atoms with van der Waals surface area (Å²) in [6.07, 6.45) is 6.39. The quantitative estimate of drug-likeness (QED) is 0.841. The lowest BCUT2D eigenvalue weighted by molar-refractivity contribution is 0.284. The zero-order chi connectivity index (χ0) is 12.8. The van der Waals surface area contributed by atoms with E-state index in [-0.39, 0.29) is 0 Å². The van der Waals surface area contributed by atoms with Crippen molar-refractivity contribution in [1.29, 1.82) is 0 Å². The Hall–Kier alpha value is -0.800. The van der Waals surface area contributed by atoms with Crippen LogP contribution in [-0.2, 0) is 6.42 Å². The number of piperidine rings is 1. The fourth-order valence-electron chi connectivity index (χ4n) is 2.58. The minimum absolute atomic E-state index is 0.743. The second-order valence-electron chi connectivity index (χ2n) is 5.50. The standard InChI is InChI=1S/C15H26N2O/c1-13-6-7-15(18-13)9-12-17(2)11-8-14-5-3-4-10-16-14/h6-7,14,16H,3-5,8-12H2,1-2H3. The van der Waals surface area contributed by atoms with Gasteiger partial charge < -0.3 is 14.6 Å². The SMILES string of the molecule is Cc1ccc(CCN(C)CCC2CCCCN2)o1. The molecule has 1 N–H and O–H groups in total. The van der Waals surface area contributed by atoms with Crippen molar-refractivity contribution in [1.82, 2.24) is 10.2 Å². The molecule has 2 heterocycles. The molecule has 0 aromatic carbocycles. The Balaban J connectivity index is 1.61. The smallest absolute Gasteiger partial charge is 0.105 e. The first-order valence-electron chi connectivity index (χ1n) is 7.21. The maximum Gasteiger partial charge on any atom is 0.105 e. The van der Waals surface area contributed by atoms with Crippen LogP contribution in [-0.4, -0.2) is 37.6 Å². The number of aryl methyl sites for hydroxylation is 1. The molecule has 3 heteroatoms. The average molecular weight is 250 g/mol. The third-order valence-corrected chi connectivity index (χ3v) is 3.81. The van der Waals surface area contributed by atoms with Gasteiger partial charge in [0.1, 0.15) is 11.5 Å². The van der Waals surface area contributed by atoms with Gasteiger partial charge in [-0.3, -0.25) is 0 Å². The van der Waals surface area contributed by atoms with Crippen molar-refractivity contribution in [2.24, 2.45) is 0 Å². The molecule has 1 atom stereocenters. The summed E-state index contributed by atoms with van der Waals surface area (Å²) < 4.78 is 5.59. The molecule has 0 bridgehead atoms. The van der Waals surface area contributed by atoms with Crippen LogP contribution in [0.1, 0.15) is 37.2 Å². The molecule has 1 aromatic rings. The molecule has 18 heavy (non-hydrogen) atoms. The van der Waals surface area contributed by atoms with Gasteiger partial charge in [0.2, 0.25) is 0 Å². The molecule has 2 rings (SSSR count). The van der Waals surface area contributed by atoms with E-state index in [9.17, 15) is 0 Å². The lowest BCUT2D eigenvalue weighted by Crippen LogP contribution is -2.37. The summed E-state index contributed by atoms with van der Waals surface area (Å²) in [6, 6.07) is 4.87. The highest BCUT2D eigenvalue weighted by Crippen LogP contribution is 2.11. The predicted molar refractivity (Wildman–Crippen MR) is 74.9 cm³/mol. The lowest BCUT2D eigenvalue weighted by Gasteiger charge is -2.25. The van der Waals surface area contributed by atoms with Crippen molar-refractivity contribution in [3.05, 3.63) is 23.7 Å². The minimum Gasteiger partial charge on any atom is -0.466 e. The van der Waals surface area contributed by atoms with Gasteiger partial charge in [0.25, 0.3) is 0 Å². The molecule has 3 nitrogen and oxygen atoms in total. The Bertz CT molecular complexity index is 342. The first kappa shape index (κ1) is 13.6. The summed E-state index contributed by atoms with van der Waals surface area (Å²) in [5, 5.41) is 3.61. The van der Waals surface area contributed by atoms with Crippen molar-refractivity contribution in [3.8, 4) is 0 Å². The molecule has 1 unspecified atom stereocenters. The molecule has 1 fully saturated rings. The Morgan fingerprint density at radius 3 is 2.89 bits per heavy atom. The maximum atomic E-state index is 5.59. The summed E-state index contributed by atoms with van der Waals surface area (Å²) in [4.78, 5) is 2.41. The van der Waals surface area contributed by atoms with E-state index >= 15 is 0 Å². The van der Waals surface area contributed by atoms with Crippen molar-refractivity contribution in [3.63, 3.8) is 0 Å². The van der Waals surface area contributed by atoms with E-state index < -0.39 is 0 Å². The average Bonchev–Trinajstić information content (AvgIpc) is 2.81. The molecule has 102 valence electrons. The highest BCUT2D eigenvalue weighted by atomic mass is 16.3. The molecule has 1 aliphatic rings. The van der Waals surface area contributed by atoms with Crippen molar-refractivity contribution in [2.75, 3.05) is 26.7 Å². The van der Waals surface area contributed by atoms with Gasteiger partial charge in [-0.05, 0) is 58.5 Å². The third kappa shape index (κ3) is 4.46. The second-order valence-corrected chi connectivity index (χ2v) is 5.50. The molecule has 0 saturated carbocycles. The van der Waals surface area contributed by atoms with Gasteiger partial charge in [0.05, 0.1) is 0 Å². The maximum absolute atomic E-state index is 5.59. The third-order valence-electron chi connectivity index (χ3n) is 3.81. The van der Waals surface area contributed by atoms with E-state index in [1.165, 1.54) is 38.8 Å². The first-order chi connectivity index (χ1) is 8.74. The molecule has 1 saturated heterocycles. The number of likely N-dealkylation sites (N-methyl/N-ethyl adjacent to an activating group) is 1. The van der Waals surface area contributed by atoms with Gasteiger partial charge in [0.15, 0.2) is 0 Å². The Kier molecular flexibility index (Phi) is 5.26. The minimum atomic E-state index is 0.743. The first-order valence-corrected chi connectivity index (χ1v) is 7.21. The Morgan fingerprint density at radius 1 is 1.33 bits per heavy atom. The van der Waals surface area contributed by atoms with Gasteiger partial charge in [0, 0.05) is 19.0 Å². The van der Waals surface area contributed by atoms with Gasteiger partial charge >= 0.3 is 0 Å². The van der Waals surface area contributed by atoms with E-state index in [0.717, 1.165) is 30.5 Å². The van der Waals surface area contributed by atoms with Crippen LogP contribution < -0.4 is 5.32 Å². The summed E-state index contributed by atoms with van der Waals surface area (Å²) in [5.41, 5.74) is 0. The number of hydrogen-bond donors (Lipinski definition) is 1. The van der Waals surface area contributed by atoms with Gasteiger partial charge in [-0.25, -0.2) is 0 Å². The van der Waals surface area contributed by atoms with Crippen LogP contribution in [0.15, 0.2) is 16.5 Å². The molecule has 1 aromatic heterocycles. The zero-order valence-corrected chi connectivity index (χ0v) is 11.7. The lowest BCUT2D eigenvalue weighted by atomic mass is 10.0. The van der Waals surface area contributed by atoms with E-state index in [1.54, 1.807) is 0 Å². The van der Waals surface area contributed by atoms with E-state index in [4.69, 9.17) is 4.42 Å². The number of nitrogens with one attached hydrogen (secondary N) is 1. The number of rotatable bonds is 6. The topological polar surface area (TPSA) is 28.4 Å². The molecule has 0 spiro atoms. The Morgan fingerprint density at radius 2 is 2.22 bits per heavy atom. The number of hydrogen-bond acceptors (Lipinski definition) is 3. The van der Waals surface area contributed by atoms with Crippen LogP contribution in [0.3, 0.4) is 0 Å². The second kappa shape index (κ2) is 6.95. The molecular weight excluding hydrogens is 224 g/mol. The number of furan rings is 1. The van der Waals surface area contributed by atoms with Crippen LogP contribution >= 0.6 is 0 Å². The van der Waals surface area contributed by atoms with Crippen LogP contribution in [0.5, 0.6) is 0 Å². The fraction of sp³-hybridized carbons (Fsp3) is 0.733. The van der Waals surface area contributed by atoms with Crippen LogP contribution in [0.2, 0.25) is 0 Å². The summed E-state index contributed by atoms with van der Waals surface area (Å²) >= 11 is 0. The largest absolute Gasteiger partial charge is 0.466 e. The van der Waals surface area contributed by atoms with E-state index in [0.29, 0.717) is 0 Å². The summed E-state index contributed by atoms with van der Waals surface area (Å²) in [7, 11) is 2.21. The van der Waals surface area contributed by atoms with Crippen LogP contribution in [0, 0.1) is 6.92 Å². The molecular formula is C15H26N2O. The predicted octanol–water partition coefficient (Wildman–Crippen LogP) is 2.59. The highest BCUT2D eigenvalue weighted by molar-refractivity contribution is 5.05. The van der Waals surface area contributed by atoms with Crippen molar-refractivity contribution >= 4 is 0 Å². The summed E-state index contributed by atoms with van der Waals surface area (Å²) in [6.45, 7) is 5.47. The van der Waals surface area contributed by atoms with E-state index in [1.807, 2.05) is 13.0 Å². The van der Waals surface area contributed by atoms with Gasteiger partial charge in [-0.1, -0.05) is 6.42 Å². The molecule has 0 aliphatic carbocycles. The van der Waals surface area contributed by atoms with Crippen molar-refractivity contribution < 1.29 is 4.42 Å². The van der Waals surface area contributed by atoms with Crippen LogP contribution in [0.25, 0.3) is 0 Å². The molecule has 0 radical (unpaired) electrons. The van der Waals surface area contributed by atoms with E-state index in [2.05, 4.69) is 23.3 Å². The Labute approximate surface area is 111 Å². The van der Waals surface area contributed by atoms with Gasteiger partial charge in [-0.2, -0.15) is 0 Å². The zero-order valence-electron chi connectivity index (χ0n) is 11.7. The molecule has 1 aliphatic heterocycles. The highest BCUT2D eigenvalue weighted by Gasteiger charge is 2.12. The monoisotopic (exact) mass is 250 g/mol. The van der Waals surface area contributed by atoms with Gasteiger partial charge in [-0.15, -0.1) is 0 Å². The van der Waals surface area contributed by atoms with Crippen molar-refractivity contribution in [2.45, 2.75) is 45.1 Å². The fourth-order valence-corrected chi connectivity index (χ4v) is 2.58. The molecule has 0 amide bonds. The normalized spacial score (nSPS) is 20.5. The number of nitrogens with zero attached hydrogens (tertiary/aromatic N) is 1. The summed E-state index contributed by atoms with van der Waals surface area (Å²) in [5.74, 6) is 2.12. The van der Waals surface area contributed by atoms with Crippen LogP contribution in [0.4, 0.5) is 0 Å².